The van der Waals surface area contributed by atoms with Gasteiger partial charge in [0.1, 0.15) is 0 Å². The van der Waals surface area contributed by atoms with Crippen molar-refractivity contribution in [1.82, 2.24) is 4.31 Å². The maximum absolute atomic E-state index is 12.6. The number of piperidine rings is 1. The van der Waals surface area contributed by atoms with Gasteiger partial charge < -0.3 is 4.74 Å². The van der Waals surface area contributed by atoms with Crippen LogP contribution in [0.3, 0.4) is 0 Å². The van der Waals surface area contributed by atoms with Crippen molar-refractivity contribution in [3.63, 3.8) is 0 Å². The fourth-order valence-corrected chi connectivity index (χ4v) is 4.92. The Morgan fingerprint density at radius 2 is 1.62 bits per heavy atom. The summed E-state index contributed by atoms with van der Waals surface area (Å²) < 4.78 is 31.8. The molecular weight excluding hydrogens is 437 g/mol. The number of ketones is 1. The monoisotopic (exact) mass is 455 g/mol. The van der Waals surface area contributed by atoms with Crippen LogP contribution in [-0.2, 0) is 14.8 Å². The second-order valence-electron chi connectivity index (χ2n) is 6.59. The predicted octanol–water partition coefficient (Wildman–Crippen LogP) is 4.21. The van der Waals surface area contributed by atoms with Crippen molar-refractivity contribution in [2.75, 3.05) is 19.7 Å². The Balaban J connectivity index is 1.64. The Bertz CT molecular complexity index is 1020. The lowest BCUT2D eigenvalue weighted by Crippen LogP contribution is -2.35. The van der Waals surface area contributed by atoms with Gasteiger partial charge in [-0.05, 0) is 49.2 Å². The highest BCUT2D eigenvalue weighted by Crippen LogP contribution is 2.26. The maximum atomic E-state index is 12.6. The first-order valence-corrected chi connectivity index (χ1v) is 11.2. The molecule has 3 rings (SSSR count). The average Bonchev–Trinajstić information content (AvgIpc) is 2.74. The highest BCUT2D eigenvalue weighted by atomic mass is 35.5. The molecule has 0 amide bonds. The van der Waals surface area contributed by atoms with Gasteiger partial charge in [-0.25, -0.2) is 13.2 Å². The van der Waals surface area contributed by atoms with Gasteiger partial charge >= 0.3 is 5.97 Å². The number of hydrogen-bond acceptors (Lipinski definition) is 5. The number of nitrogens with zero attached hydrogens (tertiary/aromatic N) is 1. The third-order valence-electron chi connectivity index (χ3n) is 4.63. The van der Waals surface area contributed by atoms with Crippen LogP contribution in [0.25, 0.3) is 0 Å². The zero-order chi connectivity index (χ0) is 21.0. The molecule has 0 radical (unpaired) electrons. The SMILES string of the molecule is O=C(COC(=O)c1cccc(Cl)c1Cl)c1ccc(S(=O)(=O)N2CCCCC2)cc1. The number of esters is 1. The molecule has 0 atom stereocenters. The van der Waals surface area contributed by atoms with Gasteiger partial charge in [0.2, 0.25) is 10.0 Å². The van der Waals surface area contributed by atoms with E-state index in [0.717, 1.165) is 19.3 Å². The quantitative estimate of drug-likeness (QED) is 0.481. The van der Waals surface area contributed by atoms with Crippen molar-refractivity contribution in [2.24, 2.45) is 0 Å². The lowest BCUT2D eigenvalue weighted by molar-refractivity contribution is 0.0475. The van der Waals surface area contributed by atoms with Crippen LogP contribution in [0.2, 0.25) is 10.0 Å². The highest BCUT2D eigenvalue weighted by molar-refractivity contribution is 7.89. The van der Waals surface area contributed by atoms with E-state index < -0.39 is 28.4 Å². The number of hydrogen-bond donors (Lipinski definition) is 0. The lowest BCUT2D eigenvalue weighted by Gasteiger charge is -2.25. The molecule has 1 saturated heterocycles. The van der Waals surface area contributed by atoms with E-state index in [1.54, 1.807) is 6.07 Å². The second kappa shape index (κ2) is 9.26. The van der Waals surface area contributed by atoms with Gasteiger partial charge in [-0.3, -0.25) is 4.79 Å². The Morgan fingerprint density at radius 3 is 2.28 bits per heavy atom. The zero-order valence-corrected chi connectivity index (χ0v) is 17.8. The van der Waals surface area contributed by atoms with Crippen molar-refractivity contribution in [3.05, 3.63) is 63.6 Å². The minimum Gasteiger partial charge on any atom is -0.454 e. The van der Waals surface area contributed by atoms with Gasteiger partial charge in [-0.2, -0.15) is 4.31 Å². The van der Waals surface area contributed by atoms with Crippen molar-refractivity contribution in [1.29, 1.82) is 0 Å². The normalized spacial score (nSPS) is 15.1. The van der Waals surface area contributed by atoms with E-state index in [-0.39, 0.29) is 26.1 Å². The molecule has 29 heavy (non-hydrogen) atoms. The Labute approximate surface area is 179 Å². The average molecular weight is 456 g/mol. The molecular formula is C20H19Cl2NO5S. The van der Waals surface area contributed by atoms with Crippen LogP contribution in [0.1, 0.15) is 40.0 Å². The van der Waals surface area contributed by atoms with Crippen LogP contribution < -0.4 is 0 Å². The molecule has 1 aliphatic heterocycles. The summed E-state index contributed by atoms with van der Waals surface area (Å²) >= 11 is 11.8. The molecule has 1 fully saturated rings. The summed E-state index contributed by atoms with van der Waals surface area (Å²) in [6.45, 7) is 0.510. The van der Waals surface area contributed by atoms with E-state index in [0.29, 0.717) is 13.1 Å². The summed E-state index contributed by atoms with van der Waals surface area (Å²) in [7, 11) is -3.57. The number of halogens is 2. The summed E-state index contributed by atoms with van der Waals surface area (Å²) in [5, 5.41) is 0.261. The Morgan fingerprint density at radius 1 is 0.966 bits per heavy atom. The van der Waals surface area contributed by atoms with E-state index >= 15 is 0 Å². The number of rotatable bonds is 6. The van der Waals surface area contributed by atoms with Gasteiger partial charge in [-0.15, -0.1) is 0 Å². The van der Waals surface area contributed by atoms with E-state index in [1.807, 2.05) is 0 Å². The molecule has 154 valence electrons. The van der Waals surface area contributed by atoms with Gasteiger partial charge in [-0.1, -0.05) is 35.7 Å². The summed E-state index contributed by atoms with van der Waals surface area (Å²) in [5.41, 5.74) is 0.308. The summed E-state index contributed by atoms with van der Waals surface area (Å²) in [6.07, 6.45) is 2.72. The van der Waals surface area contributed by atoms with Gasteiger partial charge in [0.05, 0.1) is 20.5 Å². The molecule has 2 aromatic carbocycles. The maximum Gasteiger partial charge on any atom is 0.340 e. The number of ether oxygens (including phenoxy) is 1. The number of benzene rings is 2. The third-order valence-corrected chi connectivity index (χ3v) is 7.37. The first kappa shape index (κ1) is 21.8. The van der Waals surface area contributed by atoms with Crippen LogP contribution in [-0.4, -0.2) is 44.2 Å². The van der Waals surface area contributed by atoms with Gasteiger partial charge in [0.25, 0.3) is 0 Å². The minimum atomic E-state index is -3.57. The lowest BCUT2D eigenvalue weighted by atomic mass is 10.1. The Kier molecular flexibility index (Phi) is 6.95. The van der Waals surface area contributed by atoms with Crippen LogP contribution in [0.15, 0.2) is 47.4 Å². The summed E-state index contributed by atoms with van der Waals surface area (Å²) in [4.78, 5) is 24.5. The topological polar surface area (TPSA) is 80.8 Å². The van der Waals surface area contributed by atoms with Crippen LogP contribution >= 0.6 is 23.2 Å². The molecule has 0 N–H and O–H groups in total. The van der Waals surface area contributed by atoms with E-state index in [1.165, 1.54) is 40.7 Å². The fourth-order valence-electron chi connectivity index (χ4n) is 3.02. The standard InChI is InChI=1S/C20H19Cl2NO5S/c21-17-6-4-5-16(19(17)22)20(25)28-13-18(24)14-7-9-15(10-8-14)29(26,27)23-11-2-1-3-12-23/h4-10H,1-3,11-13H2. The minimum absolute atomic E-state index is 0.0545. The van der Waals surface area contributed by atoms with Gasteiger partial charge in [0, 0.05) is 18.7 Å². The van der Waals surface area contributed by atoms with E-state index in [9.17, 15) is 18.0 Å². The second-order valence-corrected chi connectivity index (χ2v) is 9.31. The molecule has 1 aliphatic rings. The number of sulfonamides is 1. The number of Topliss-reactive ketones (excluding diaryl/α,β-unsaturated/α-hetero) is 1. The molecule has 0 unspecified atom stereocenters. The van der Waals surface area contributed by atoms with Gasteiger partial charge in [0.15, 0.2) is 12.4 Å². The Hall–Kier alpha value is -1.93. The molecule has 9 heteroatoms. The van der Waals surface area contributed by atoms with Crippen molar-refractivity contribution in [2.45, 2.75) is 24.2 Å². The molecule has 1 heterocycles. The van der Waals surface area contributed by atoms with Crippen LogP contribution in [0.5, 0.6) is 0 Å². The first-order valence-electron chi connectivity index (χ1n) is 9.05. The summed E-state index contributed by atoms with van der Waals surface area (Å²) in [6, 6.07) is 10.2. The first-order chi connectivity index (χ1) is 13.8. The van der Waals surface area contributed by atoms with Crippen molar-refractivity contribution >= 4 is 45.0 Å². The zero-order valence-electron chi connectivity index (χ0n) is 15.4. The molecule has 0 saturated carbocycles. The fraction of sp³-hybridized carbons (Fsp3) is 0.300. The smallest absolute Gasteiger partial charge is 0.340 e. The van der Waals surface area contributed by atoms with Crippen LogP contribution in [0.4, 0.5) is 0 Å². The van der Waals surface area contributed by atoms with Crippen molar-refractivity contribution in [3.8, 4) is 0 Å². The van der Waals surface area contributed by atoms with Crippen LogP contribution in [0, 0.1) is 0 Å². The summed E-state index contributed by atoms with van der Waals surface area (Å²) in [5.74, 6) is -1.23. The molecule has 0 aromatic heterocycles. The molecule has 0 spiro atoms. The molecule has 6 nitrogen and oxygen atoms in total. The number of carbonyl (C=O) groups excluding carboxylic acids is 2. The molecule has 0 bridgehead atoms. The largest absolute Gasteiger partial charge is 0.454 e. The third kappa shape index (κ3) is 4.98. The van der Waals surface area contributed by atoms with Crippen molar-refractivity contribution < 1.29 is 22.7 Å². The van der Waals surface area contributed by atoms with E-state index in [4.69, 9.17) is 27.9 Å². The molecule has 0 aliphatic carbocycles. The predicted molar refractivity (Wildman–Crippen MR) is 110 cm³/mol. The highest BCUT2D eigenvalue weighted by Gasteiger charge is 2.26. The van der Waals surface area contributed by atoms with E-state index in [2.05, 4.69) is 0 Å². The number of carbonyl (C=O) groups is 2. The molecule has 2 aromatic rings.